The normalized spacial score (nSPS) is 20.4. The van der Waals surface area contributed by atoms with Crippen molar-refractivity contribution < 1.29 is 23.7 Å². The average molecular weight is 461 g/mol. The van der Waals surface area contributed by atoms with E-state index in [2.05, 4.69) is 29.0 Å². The molecule has 0 radical (unpaired) electrons. The summed E-state index contributed by atoms with van der Waals surface area (Å²) in [4.78, 5) is 15.3. The number of benzene rings is 2. The Kier molecular flexibility index (Phi) is 5.21. The van der Waals surface area contributed by atoms with Crippen LogP contribution in [-0.4, -0.2) is 54.9 Å². The first-order valence-electron chi connectivity index (χ1n) is 11.8. The maximum Gasteiger partial charge on any atom is 0.253 e. The lowest BCUT2D eigenvalue weighted by atomic mass is 9.86. The Morgan fingerprint density at radius 2 is 1.91 bits per heavy atom. The van der Waals surface area contributed by atoms with Crippen LogP contribution in [0.25, 0.3) is 5.69 Å². The molecule has 7 heteroatoms. The maximum absolute atomic E-state index is 13.4. The van der Waals surface area contributed by atoms with Gasteiger partial charge in [0.1, 0.15) is 11.9 Å². The van der Waals surface area contributed by atoms with E-state index >= 15 is 0 Å². The summed E-state index contributed by atoms with van der Waals surface area (Å²) in [5, 5.41) is 0. The molecule has 1 spiro atoms. The number of likely N-dealkylation sites (tertiary alicyclic amines) is 1. The van der Waals surface area contributed by atoms with E-state index < -0.39 is 5.60 Å². The Morgan fingerprint density at radius 3 is 2.71 bits per heavy atom. The van der Waals surface area contributed by atoms with E-state index in [4.69, 9.17) is 18.9 Å². The zero-order valence-electron chi connectivity index (χ0n) is 19.2. The molecule has 3 aliphatic heterocycles. The number of amides is 1. The fourth-order valence-corrected chi connectivity index (χ4v) is 5.26. The van der Waals surface area contributed by atoms with Crippen LogP contribution in [0.15, 0.2) is 60.8 Å². The van der Waals surface area contributed by atoms with Crippen molar-refractivity contribution >= 4 is 5.91 Å². The summed E-state index contributed by atoms with van der Waals surface area (Å²) in [6.07, 6.45) is 4.43. The molecule has 0 bridgehead atoms. The number of fused-ring (bicyclic) bond motifs is 4. The Hall–Kier alpha value is -3.45. The average Bonchev–Trinajstić information content (AvgIpc) is 3.58. The van der Waals surface area contributed by atoms with Crippen molar-refractivity contribution in [1.29, 1.82) is 0 Å². The molecule has 1 aromatic heterocycles. The number of hydrogen-bond donors (Lipinski definition) is 0. The third-order valence-electron chi connectivity index (χ3n) is 7.10. The molecule has 2 aromatic carbocycles. The second kappa shape index (κ2) is 8.40. The highest BCUT2D eigenvalue weighted by Crippen LogP contribution is 2.45. The zero-order chi connectivity index (χ0) is 23.1. The van der Waals surface area contributed by atoms with E-state index in [9.17, 15) is 4.79 Å². The van der Waals surface area contributed by atoms with Crippen molar-refractivity contribution in [2.45, 2.75) is 31.0 Å². The molecule has 0 N–H and O–H groups in total. The van der Waals surface area contributed by atoms with Crippen molar-refractivity contribution in [1.82, 2.24) is 9.47 Å². The number of carbonyl (C=O) groups excluding carboxylic acids is 1. The van der Waals surface area contributed by atoms with Gasteiger partial charge < -0.3 is 28.4 Å². The van der Waals surface area contributed by atoms with Gasteiger partial charge in [0.2, 0.25) is 0 Å². The lowest BCUT2D eigenvalue weighted by molar-refractivity contribution is -0.00931. The molecule has 7 nitrogen and oxygen atoms in total. The van der Waals surface area contributed by atoms with E-state index in [-0.39, 0.29) is 12.0 Å². The number of nitrogens with zero attached hydrogens (tertiary/aromatic N) is 2. The van der Waals surface area contributed by atoms with Crippen molar-refractivity contribution in [2.75, 3.05) is 33.4 Å². The van der Waals surface area contributed by atoms with Crippen molar-refractivity contribution in [3.05, 3.63) is 72.1 Å². The highest BCUT2D eigenvalue weighted by molar-refractivity contribution is 5.95. The smallest absolute Gasteiger partial charge is 0.253 e. The van der Waals surface area contributed by atoms with Gasteiger partial charge in [0, 0.05) is 44.1 Å². The number of hydrogen-bond acceptors (Lipinski definition) is 5. The lowest BCUT2D eigenvalue weighted by Crippen LogP contribution is -2.50. The summed E-state index contributed by atoms with van der Waals surface area (Å²) in [5.41, 5.74) is 2.39. The van der Waals surface area contributed by atoms with Crippen LogP contribution in [0.5, 0.6) is 17.2 Å². The lowest BCUT2D eigenvalue weighted by Gasteiger charge is -2.45. The van der Waals surface area contributed by atoms with Gasteiger partial charge in [0.15, 0.2) is 17.1 Å². The van der Waals surface area contributed by atoms with E-state index in [1.807, 2.05) is 35.2 Å². The van der Waals surface area contributed by atoms with Crippen molar-refractivity contribution in [3.63, 3.8) is 0 Å². The molecule has 176 valence electrons. The summed E-state index contributed by atoms with van der Waals surface area (Å²) in [7, 11) is 1.60. The number of rotatable bonds is 4. The molecule has 0 aliphatic carbocycles. The number of aromatic nitrogens is 1. The van der Waals surface area contributed by atoms with Gasteiger partial charge in [0.25, 0.3) is 5.91 Å². The highest BCUT2D eigenvalue weighted by Gasteiger charge is 2.44. The monoisotopic (exact) mass is 460 g/mol. The van der Waals surface area contributed by atoms with Crippen molar-refractivity contribution in [3.8, 4) is 22.9 Å². The molecule has 0 saturated carbocycles. The number of methoxy groups -OCH3 is 1. The molecule has 1 amide bonds. The molecular formula is C27H28N2O5. The molecular weight excluding hydrogens is 432 g/mol. The Labute approximate surface area is 198 Å². The summed E-state index contributed by atoms with van der Waals surface area (Å²) < 4.78 is 25.7. The highest BCUT2D eigenvalue weighted by atomic mass is 16.6. The van der Waals surface area contributed by atoms with E-state index in [1.54, 1.807) is 13.2 Å². The first kappa shape index (κ1) is 21.1. The Morgan fingerprint density at radius 1 is 1.06 bits per heavy atom. The van der Waals surface area contributed by atoms with Gasteiger partial charge in [0.05, 0.1) is 31.7 Å². The number of ether oxygens (including phenoxy) is 4. The quantitative estimate of drug-likeness (QED) is 0.585. The predicted octanol–water partition coefficient (Wildman–Crippen LogP) is 4.18. The summed E-state index contributed by atoms with van der Waals surface area (Å²) in [5.74, 6) is 2.09. The second-order valence-electron chi connectivity index (χ2n) is 9.09. The molecule has 6 rings (SSSR count). The first-order chi connectivity index (χ1) is 16.7. The number of para-hydroxylation sites is 2. The molecule has 34 heavy (non-hydrogen) atoms. The summed E-state index contributed by atoms with van der Waals surface area (Å²) in [6, 6.07) is 17.7. The third-order valence-corrected chi connectivity index (χ3v) is 7.10. The largest absolute Gasteiger partial charge is 0.493 e. The maximum atomic E-state index is 13.4. The minimum Gasteiger partial charge on any atom is -0.493 e. The zero-order valence-corrected chi connectivity index (χ0v) is 19.2. The van der Waals surface area contributed by atoms with Gasteiger partial charge in [-0.25, -0.2) is 0 Å². The van der Waals surface area contributed by atoms with E-state index in [0.29, 0.717) is 43.4 Å². The summed E-state index contributed by atoms with van der Waals surface area (Å²) >= 11 is 0. The molecule has 3 aromatic rings. The first-order valence-corrected chi connectivity index (χ1v) is 11.8. The van der Waals surface area contributed by atoms with E-state index in [0.717, 1.165) is 36.4 Å². The molecule has 2 fully saturated rings. The van der Waals surface area contributed by atoms with Gasteiger partial charge in [-0.15, -0.1) is 0 Å². The standard InChI is InChI=1S/C27H28N2O5/c1-31-24-17-19(8-9-23(24)33-20-10-16-32-18-20)26(30)28-14-11-27(12-15-28)25-7-4-13-29(25)21-5-2-3-6-22(21)34-27/h2-9,13,17,20H,10-12,14-16,18H2,1H3/t20-/m0/s1. The summed E-state index contributed by atoms with van der Waals surface area (Å²) in [6.45, 7) is 2.52. The van der Waals surface area contributed by atoms with Crippen LogP contribution in [0.2, 0.25) is 0 Å². The van der Waals surface area contributed by atoms with Crippen LogP contribution < -0.4 is 14.2 Å². The molecule has 4 heterocycles. The minimum absolute atomic E-state index is 0.00417. The Balaban J connectivity index is 1.19. The molecule has 0 unspecified atom stereocenters. The third kappa shape index (κ3) is 3.51. The fraction of sp³-hybridized carbons (Fsp3) is 0.370. The minimum atomic E-state index is -0.423. The van der Waals surface area contributed by atoms with Crippen LogP contribution in [0.4, 0.5) is 0 Å². The molecule has 3 aliphatic rings. The number of carbonyl (C=O) groups is 1. The van der Waals surface area contributed by atoms with Crippen LogP contribution in [0.1, 0.15) is 35.3 Å². The van der Waals surface area contributed by atoms with Gasteiger partial charge in [-0.05, 0) is 42.5 Å². The SMILES string of the molecule is COc1cc(C(=O)N2CCC3(CC2)Oc2ccccc2-n2cccc23)ccc1O[C@H]1CCOC1. The van der Waals surface area contributed by atoms with Crippen molar-refractivity contribution in [2.24, 2.45) is 0 Å². The van der Waals surface area contributed by atoms with Crippen LogP contribution in [-0.2, 0) is 10.3 Å². The van der Waals surface area contributed by atoms with Crippen LogP contribution in [0.3, 0.4) is 0 Å². The van der Waals surface area contributed by atoms with E-state index in [1.165, 1.54) is 0 Å². The Bertz CT molecular complexity index is 1210. The fourth-order valence-electron chi connectivity index (χ4n) is 5.26. The molecule has 2 saturated heterocycles. The van der Waals surface area contributed by atoms with Gasteiger partial charge >= 0.3 is 0 Å². The topological polar surface area (TPSA) is 62.2 Å². The second-order valence-corrected chi connectivity index (χ2v) is 9.09. The van der Waals surface area contributed by atoms with Crippen LogP contribution >= 0.6 is 0 Å². The number of piperidine rings is 1. The van der Waals surface area contributed by atoms with Crippen LogP contribution in [0, 0.1) is 0 Å². The predicted molar refractivity (Wildman–Crippen MR) is 126 cm³/mol. The van der Waals surface area contributed by atoms with Gasteiger partial charge in [-0.2, -0.15) is 0 Å². The van der Waals surface area contributed by atoms with Gasteiger partial charge in [-0.1, -0.05) is 12.1 Å². The molecule has 1 atom stereocenters. The van der Waals surface area contributed by atoms with Gasteiger partial charge in [-0.3, -0.25) is 4.79 Å².